The molecule has 5 nitrogen and oxygen atoms in total. The van der Waals surface area contributed by atoms with Crippen molar-refractivity contribution in [1.29, 1.82) is 0 Å². The number of hydrogen-bond donors (Lipinski definition) is 2. The Morgan fingerprint density at radius 3 is 2.50 bits per heavy atom. The van der Waals surface area contributed by atoms with Crippen LogP contribution in [0, 0.1) is 11.8 Å². The number of aliphatic imine (C=N–C) groups is 1. The second-order valence-electron chi connectivity index (χ2n) is 6.70. The minimum Gasteiger partial charge on any atom is -0.386 e. The molecule has 0 bridgehead atoms. The molecule has 1 saturated carbocycles. The van der Waals surface area contributed by atoms with Crippen LogP contribution in [0.2, 0.25) is 0 Å². The highest BCUT2D eigenvalue weighted by molar-refractivity contribution is 14.0. The summed E-state index contributed by atoms with van der Waals surface area (Å²) >= 11 is 0. The lowest BCUT2D eigenvalue weighted by Crippen LogP contribution is -2.40. The monoisotopic (exact) mass is 444 g/mol. The van der Waals surface area contributed by atoms with Gasteiger partial charge in [0, 0.05) is 32.0 Å². The van der Waals surface area contributed by atoms with Crippen molar-refractivity contribution in [2.45, 2.75) is 38.7 Å². The van der Waals surface area contributed by atoms with E-state index in [0.29, 0.717) is 6.54 Å². The summed E-state index contributed by atoms with van der Waals surface area (Å²) in [5.41, 5.74) is 0.870. The van der Waals surface area contributed by atoms with Gasteiger partial charge in [0.2, 0.25) is 0 Å². The Bertz CT molecular complexity index is 511. The molecular weight excluding hydrogens is 415 g/mol. The molecule has 134 valence electrons. The summed E-state index contributed by atoms with van der Waals surface area (Å²) in [4.78, 5) is 11.1. The minimum absolute atomic E-state index is 0. The lowest BCUT2D eigenvalue weighted by atomic mass is 9.82. The molecule has 24 heavy (non-hydrogen) atoms. The molecule has 1 aromatic rings. The summed E-state index contributed by atoms with van der Waals surface area (Å²) in [5.74, 6) is 2.62. The molecule has 2 heterocycles. The lowest BCUT2D eigenvalue weighted by Gasteiger charge is -2.22. The van der Waals surface area contributed by atoms with Crippen molar-refractivity contribution in [3.63, 3.8) is 0 Å². The van der Waals surface area contributed by atoms with Crippen molar-refractivity contribution in [3.05, 3.63) is 30.1 Å². The molecule has 0 radical (unpaired) electrons. The van der Waals surface area contributed by atoms with Gasteiger partial charge in [0.05, 0.1) is 12.6 Å². The van der Waals surface area contributed by atoms with Crippen LogP contribution in [-0.2, 0) is 0 Å². The molecule has 1 aliphatic carbocycles. The van der Waals surface area contributed by atoms with Gasteiger partial charge < -0.3 is 15.3 Å². The number of halogens is 1. The van der Waals surface area contributed by atoms with Crippen LogP contribution in [-0.4, -0.2) is 47.1 Å². The van der Waals surface area contributed by atoms with Crippen LogP contribution >= 0.6 is 24.0 Å². The average Bonchev–Trinajstić information content (AvgIpc) is 3.03. The first kappa shape index (κ1) is 19.4. The standard InChI is InChI=1S/C18H28N4O.HI/c1-2-20-18(21-11-17(23)14-7-9-19-10-8-14)22-12-15-5-3-4-6-16(15)13-22;/h7-10,15-17,23H,2-6,11-13H2,1H3,(H,20,21);1H. The maximum absolute atomic E-state index is 10.3. The first-order valence-corrected chi connectivity index (χ1v) is 8.89. The topological polar surface area (TPSA) is 60.8 Å². The fourth-order valence-electron chi connectivity index (χ4n) is 3.87. The Morgan fingerprint density at radius 2 is 1.92 bits per heavy atom. The van der Waals surface area contributed by atoms with Crippen LogP contribution in [0.4, 0.5) is 0 Å². The van der Waals surface area contributed by atoms with Crippen LogP contribution < -0.4 is 5.32 Å². The number of likely N-dealkylation sites (tertiary alicyclic amines) is 1. The van der Waals surface area contributed by atoms with E-state index in [0.717, 1.165) is 43.0 Å². The van der Waals surface area contributed by atoms with Crippen molar-refractivity contribution in [2.24, 2.45) is 16.8 Å². The van der Waals surface area contributed by atoms with Gasteiger partial charge in [-0.3, -0.25) is 9.98 Å². The SMILES string of the molecule is CCNC(=NCC(O)c1ccncc1)N1CC2CCCCC2C1.I. The van der Waals surface area contributed by atoms with Crippen molar-refractivity contribution < 1.29 is 5.11 Å². The molecule has 2 fully saturated rings. The van der Waals surface area contributed by atoms with E-state index < -0.39 is 6.10 Å². The van der Waals surface area contributed by atoms with Crippen molar-refractivity contribution in [2.75, 3.05) is 26.2 Å². The van der Waals surface area contributed by atoms with E-state index in [4.69, 9.17) is 4.99 Å². The van der Waals surface area contributed by atoms with Crippen LogP contribution in [0.5, 0.6) is 0 Å². The molecule has 6 heteroatoms. The Kier molecular flexibility index (Phi) is 7.74. The molecule has 2 aliphatic rings. The summed E-state index contributed by atoms with van der Waals surface area (Å²) in [6, 6.07) is 3.69. The largest absolute Gasteiger partial charge is 0.386 e. The van der Waals surface area contributed by atoms with Gasteiger partial charge >= 0.3 is 0 Å². The number of rotatable bonds is 4. The van der Waals surface area contributed by atoms with E-state index in [1.54, 1.807) is 12.4 Å². The Hall–Kier alpha value is -0.890. The molecule has 3 atom stereocenters. The Morgan fingerprint density at radius 1 is 1.29 bits per heavy atom. The zero-order valence-electron chi connectivity index (χ0n) is 14.4. The van der Waals surface area contributed by atoms with Gasteiger partial charge in [-0.1, -0.05) is 12.8 Å². The highest BCUT2D eigenvalue weighted by atomic mass is 127. The minimum atomic E-state index is -0.573. The van der Waals surface area contributed by atoms with E-state index in [1.165, 1.54) is 25.7 Å². The third kappa shape index (κ3) is 4.81. The van der Waals surface area contributed by atoms with Crippen molar-refractivity contribution in [3.8, 4) is 0 Å². The zero-order valence-corrected chi connectivity index (χ0v) is 16.7. The van der Waals surface area contributed by atoms with E-state index >= 15 is 0 Å². The third-order valence-electron chi connectivity index (χ3n) is 5.12. The third-order valence-corrected chi connectivity index (χ3v) is 5.12. The van der Waals surface area contributed by atoms with Crippen LogP contribution in [0.3, 0.4) is 0 Å². The predicted molar refractivity (Wildman–Crippen MR) is 108 cm³/mol. The molecule has 0 amide bonds. The Labute approximate surface area is 162 Å². The number of aromatic nitrogens is 1. The summed E-state index contributed by atoms with van der Waals surface area (Å²) in [6.45, 7) is 5.57. The Balaban J connectivity index is 0.00000208. The molecule has 0 spiro atoms. The number of nitrogens with zero attached hydrogens (tertiary/aromatic N) is 3. The number of aliphatic hydroxyl groups excluding tert-OH is 1. The van der Waals surface area contributed by atoms with Crippen LogP contribution in [0.15, 0.2) is 29.5 Å². The summed E-state index contributed by atoms with van der Waals surface area (Å²) < 4.78 is 0. The van der Waals surface area contributed by atoms with Gasteiger partial charge in [-0.25, -0.2) is 0 Å². The maximum Gasteiger partial charge on any atom is 0.194 e. The quantitative estimate of drug-likeness (QED) is 0.426. The van der Waals surface area contributed by atoms with E-state index in [-0.39, 0.29) is 24.0 Å². The molecule has 3 rings (SSSR count). The van der Waals surface area contributed by atoms with Gasteiger partial charge in [0.1, 0.15) is 0 Å². The van der Waals surface area contributed by atoms with Gasteiger partial charge in [0.25, 0.3) is 0 Å². The molecule has 1 aliphatic heterocycles. The van der Waals surface area contributed by atoms with Crippen molar-refractivity contribution in [1.82, 2.24) is 15.2 Å². The molecule has 2 N–H and O–H groups in total. The number of hydrogen-bond acceptors (Lipinski definition) is 3. The molecule has 1 saturated heterocycles. The van der Waals surface area contributed by atoms with Crippen molar-refractivity contribution >= 4 is 29.9 Å². The van der Waals surface area contributed by atoms with E-state index in [1.807, 2.05) is 12.1 Å². The first-order chi connectivity index (χ1) is 11.3. The lowest BCUT2D eigenvalue weighted by molar-refractivity contribution is 0.186. The summed E-state index contributed by atoms with van der Waals surface area (Å²) in [7, 11) is 0. The molecular formula is C18H29IN4O. The zero-order chi connectivity index (χ0) is 16.1. The average molecular weight is 444 g/mol. The van der Waals surface area contributed by atoms with Gasteiger partial charge in [-0.15, -0.1) is 24.0 Å². The second kappa shape index (κ2) is 9.56. The normalized spacial score (nSPS) is 24.9. The molecule has 0 aromatic carbocycles. The van der Waals surface area contributed by atoms with Gasteiger partial charge in [0.15, 0.2) is 5.96 Å². The smallest absolute Gasteiger partial charge is 0.194 e. The summed E-state index contributed by atoms with van der Waals surface area (Å²) in [5, 5.41) is 13.7. The number of aliphatic hydroxyl groups is 1. The fourth-order valence-corrected chi connectivity index (χ4v) is 3.87. The highest BCUT2D eigenvalue weighted by Crippen LogP contribution is 2.35. The van der Waals surface area contributed by atoms with E-state index in [2.05, 4.69) is 22.1 Å². The molecule has 1 aromatic heterocycles. The highest BCUT2D eigenvalue weighted by Gasteiger charge is 2.35. The number of pyridine rings is 1. The van der Waals surface area contributed by atoms with E-state index in [9.17, 15) is 5.11 Å². The van der Waals surface area contributed by atoms with Crippen LogP contribution in [0.1, 0.15) is 44.3 Å². The molecule has 3 unspecified atom stereocenters. The number of nitrogens with one attached hydrogen (secondary N) is 1. The van der Waals surface area contributed by atoms with Crippen LogP contribution in [0.25, 0.3) is 0 Å². The number of guanidine groups is 1. The maximum atomic E-state index is 10.3. The summed E-state index contributed by atoms with van der Waals surface area (Å²) in [6.07, 6.45) is 8.32. The second-order valence-corrected chi connectivity index (χ2v) is 6.70. The van der Waals surface area contributed by atoms with Gasteiger partial charge in [-0.2, -0.15) is 0 Å². The number of fused-ring (bicyclic) bond motifs is 1. The van der Waals surface area contributed by atoms with Gasteiger partial charge in [-0.05, 0) is 49.3 Å². The fraction of sp³-hybridized carbons (Fsp3) is 0.667. The predicted octanol–water partition coefficient (Wildman–Crippen LogP) is 2.82. The first-order valence-electron chi connectivity index (χ1n) is 8.89.